The Balaban J connectivity index is 1.53. The third-order valence-corrected chi connectivity index (χ3v) is 6.77. The number of nitrogens with zero attached hydrogens (tertiary/aromatic N) is 2. The number of anilines is 1. The van der Waals surface area contributed by atoms with Gasteiger partial charge in [-0.2, -0.15) is 0 Å². The maximum Gasteiger partial charge on any atom is 0.341 e. The van der Waals surface area contributed by atoms with Gasteiger partial charge in [-0.15, -0.1) is 11.3 Å². The van der Waals surface area contributed by atoms with Crippen LogP contribution in [0.4, 0.5) is 5.00 Å². The number of ether oxygens (including phenoxy) is 2. The van der Waals surface area contributed by atoms with E-state index in [9.17, 15) is 14.4 Å². The van der Waals surface area contributed by atoms with E-state index < -0.39 is 23.9 Å². The Hall–Kier alpha value is -3.33. The quantitative estimate of drug-likeness (QED) is 0.542. The summed E-state index contributed by atoms with van der Waals surface area (Å²) in [5, 5.41) is 3.23. The number of para-hydroxylation sites is 1. The summed E-state index contributed by atoms with van der Waals surface area (Å²) in [5.41, 5.74) is 2.56. The molecular weight excluding hydrogens is 442 g/mol. The second-order valence-corrected chi connectivity index (χ2v) is 9.15. The van der Waals surface area contributed by atoms with Crippen LogP contribution in [0.15, 0.2) is 30.6 Å². The standard InChI is InChI=1S/C24H25N3O5S/c1-4-31-24(30)19-15-9-8-13(2)12-18(15)33-22(19)27-21(28)14(3)32-23(29)16-6-5-7-17-20(16)26-11-10-25-17/h5-7,10-11,13-14H,4,8-9,12H2,1-3H3,(H,27,28). The minimum Gasteiger partial charge on any atom is -0.462 e. The van der Waals surface area contributed by atoms with Gasteiger partial charge >= 0.3 is 11.9 Å². The second-order valence-electron chi connectivity index (χ2n) is 8.04. The highest BCUT2D eigenvalue weighted by atomic mass is 32.1. The van der Waals surface area contributed by atoms with Gasteiger partial charge in [-0.25, -0.2) is 9.59 Å². The van der Waals surface area contributed by atoms with Crippen LogP contribution in [-0.4, -0.2) is 40.5 Å². The van der Waals surface area contributed by atoms with Gasteiger partial charge in [0, 0.05) is 17.3 Å². The average Bonchev–Trinajstić information content (AvgIpc) is 3.15. The molecule has 4 rings (SSSR count). The SMILES string of the molecule is CCOC(=O)c1c(NC(=O)C(C)OC(=O)c2cccc3nccnc23)sc2c1CCC(C)C2. The summed E-state index contributed by atoms with van der Waals surface area (Å²) < 4.78 is 10.7. The molecule has 0 saturated heterocycles. The number of amides is 1. The Kier molecular flexibility index (Phi) is 6.69. The zero-order chi connectivity index (χ0) is 23.5. The van der Waals surface area contributed by atoms with Crippen molar-refractivity contribution in [1.82, 2.24) is 9.97 Å². The van der Waals surface area contributed by atoms with Crippen molar-refractivity contribution in [2.75, 3.05) is 11.9 Å². The molecular formula is C24H25N3O5S. The van der Waals surface area contributed by atoms with Gasteiger partial charge in [-0.1, -0.05) is 13.0 Å². The Morgan fingerprint density at radius 3 is 2.79 bits per heavy atom. The molecule has 0 spiro atoms. The van der Waals surface area contributed by atoms with Crippen molar-refractivity contribution in [2.24, 2.45) is 5.92 Å². The number of aromatic nitrogens is 2. The zero-order valence-electron chi connectivity index (χ0n) is 18.7. The number of hydrogen-bond donors (Lipinski definition) is 1. The van der Waals surface area contributed by atoms with Crippen molar-refractivity contribution in [1.29, 1.82) is 0 Å². The third kappa shape index (κ3) is 4.73. The van der Waals surface area contributed by atoms with E-state index in [1.54, 1.807) is 25.1 Å². The highest BCUT2D eigenvalue weighted by molar-refractivity contribution is 7.17. The van der Waals surface area contributed by atoms with Crippen LogP contribution in [-0.2, 0) is 27.1 Å². The lowest BCUT2D eigenvalue weighted by atomic mass is 9.88. The lowest BCUT2D eigenvalue weighted by molar-refractivity contribution is -0.123. The highest BCUT2D eigenvalue weighted by Gasteiger charge is 2.30. The molecule has 1 aliphatic carbocycles. The maximum atomic E-state index is 12.9. The van der Waals surface area contributed by atoms with Gasteiger partial charge in [-0.3, -0.25) is 14.8 Å². The number of thiophene rings is 1. The molecule has 172 valence electrons. The first kappa shape index (κ1) is 22.8. The molecule has 0 aliphatic heterocycles. The third-order valence-electron chi connectivity index (χ3n) is 5.60. The van der Waals surface area contributed by atoms with E-state index in [1.807, 2.05) is 0 Å². The predicted octanol–water partition coefficient (Wildman–Crippen LogP) is 4.18. The molecule has 3 aromatic rings. The van der Waals surface area contributed by atoms with E-state index in [1.165, 1.54) is 30.7 Å². The number of fused-ring (bicyclic) bond motifs is 2. The number of hydrogen-bond acceptors (Lipinski definition) is 8. The van der Waals surface area contributed by atoms with Gasteiger partial charge in [0.15, 0.2) is 6.10 Å². The summed E-state index contributed by atoms with van der Waals surface area (Å²) in [4.78, 5) is 47.8. The van der Waals surface area contributed by atoms with Crippen LogP contribution in [0.2, 0.25) is 0 Å². The van der Waals surface area contributed by atoms with E-state index >= 15 is 0 Å². The molecule has 0 fully saturated rings. The summed E-state index contributed by atoms with van der Waals surface area (Å²) in [6, 6.07) is 5.00. The lowest BCUT2D eigenvalue weighted by Crippen LogP contribution is -2.30. The molecule has 9 heteroatoms. The van der Waals surface area contributed by atoms with Gasteiger partial charge in [-0.05, 0) is 56.7 Å². The van der Waals surface area contributed by atoms with E-state index in [0.29, 0.717) is 27.5 Å². The van der Waals surface area contributed by atoms with Crippen molar-refractivity contribution in [3.63, 3.8) is 0 Å². The molecule has 2 atom stereocenters. The molecule has 0 bridgehead atoms. The number of benzene rings is 1. The maximum absolute atomic E-state index is 12.9. The van der Waals surface area contributed by atoms with Gasteiger partial charge in [0.25, 0.3) is 5.91 Å². The van der Waals surface area contributed by atoms with Crippen LogP contribution in [0.5, 0.6) is 0 Å². The largest absolute Gasteiger partial charge is 0.462 e. The van der Waals surface area contributed by atoms with E-state index in [0.717, 1.165) is 29.7 Å². The number of esters is 2. The Bertz CT molecular complexity index is 1220. The molecule has 0 radical (unpaired) electrons. The lowest BCUT2D eigenvalue weighted by Gasteiger charge is -2.18. The fraction of sp³-hybridized carbons (Fsp3) is 0.375. The predicted molar refractivity (Wildman–Crippen MR) is 125 cm³/mol. The van der Waals surface area contributed by atoms with Gasteiger partial charge in [0.1, 0.15) is 10.5 Å². The molecule has 33 heavy (non-hydrogen) atoms. The van der Waals surface area contributed by atoms with Crippen molar-refractivity contribution >= 4 is 45.2 Å². The Labute approximate surface area is 195 Å². The van der Waals surface area contributed by atoms with Crippen LogP contribution >= 0.6 is 11.3 Å². The van der Waals surface area contributed by atoms with Gasteiger partial charge in [0.05, 0.1) is 23.3 Å². The van der Waals surface area contributed by atoms with Gasteiger partial charge < -0.3 is 14.8 Å². The molecule has 1 aromatic carbocycles. The zero-order valence-corrected chi connectivity index (χ0v) is 19.5. The number of rotatable bonds is 6. The minimum absolute atomic E-state index is 0.230. The summed E-state index contributed by atoms with van der Waals surface area (Å²) >= 11 is 1.39. The van der Waals surface area contributed by atoms with E-state index in [4.69, 9.17) is 9.47 Å². The average molecular weight is 468 g/mol. The summed E-state index contributed by atoms with van der Waals surface area (Å²) in [6.07, 6.45) is 4.55. The van der Waals surface area contributed by atoms with Crippen molar-refractivity contribution in [3.8, 4) is 0 Å². The molecule has 1 aliphatic rings. The van der Waals surface area contributed by atoms with Crippen LogP contribution in [0.25, 0.3) is 11.0 Å². The van der Waals surface area contributed by atoms with Crippen molar-refractivity contribution in [2.45, 2.75) is 46.1 Å². The first-order valence-corrected chi connectivity index (χ1v) is 11.7. The molecule has 0 saturated carbocycles. The normalized spacial score (nSPS) is 16.0. The molecule has 2 aromatic heterocycles. The smallest absolute Gasteiger partial charge is 0.341 e. The molecule has 1 amide bonds. The topological polar surface area (TPSA) is 107 Å². The summed E-state index contributed by atoms with van der Waals surface area (Å²) in [7, 11) is 0. The number of carbonyl (C=O) groups is 3. The summed E-state index contributed by atoms with van der Waals surface area (Å²) in [6.45, 7) is 5.65. The first-order chi connectivity index (χ1) is 15.9. The van der Waals surface area contributed by atoms with Crippen LogP contribution in [0.3, 0.4) is 0 Å². The van der Waals surface area contributed by atoms with Crippen molar-refractivity contribution in [3.05, 3.63) is 52.2 Å². The Morgan fingerprint density at radius 2 is 2.00 bits per heavy atom. The fourth-order valence-corrected chi connectivity index (χ4v) is 5.31. The Morgan fingerprint density at radius 1 is 1.21 bits per heavy atom. The number of nitrogens with one attached hydrogen (secondary N) is 1. The molecule has 1 N–H and O–H groups in total. The highest BCUT2D eigenvalue weighted by Crippen LogP contribution is 2.40. The van der Waals surface area contributed by atoms with Crippen LogP contribution < -0.4 is 5.32 Å². The fourth-order valence-electron chi connectivity index (χ4n) is 3.91. The summed E-state index contributed by atoms with van der Waals surface area (Å²) in [5.74, 6) is -1.13. The molecule has 8 nitrogen and oxygen atoms in total. The first-order valence-electron chi connectivity index (χ1n) is 10.9. The van der Waals surface area contributed by atoms with Crippen LogP contribution in [0.1, 0.15) is 58.3 Å². The molecule has 2 unspecified atom stereocenters. The second kappa shape index (κ2) is 9.66. The molecule has 2 heterocycles. The van der Waals surface area contributed by atoms with Crippen LogP contribution in [0, 0.1) is 5.92 Å². The van der Waals surface area contributed by atoms with Gasteiger partial charge in [0.2, 0.25) is 0 Å². The minimum atomic E-state index is -1.09. The van der Waals surface area contributed by atoms with Crippen molar-refractivity contribution < 1.29 is 23.9 Å². The monoisotopic (exact) mass is 467 g/mol. The van der Waals surface area contributed by atoms with E-state index in [2.05, 4.69) is 22.2 Å². The van der Waals surface area contributed by atoms with E-state index in [-0.39, 0.29) is 12.2 Å². The number of carbonyl (C=O) groups excluding carboxylic acids is 3.